The number of hydrogen-bond donors (Lipinski definition) is 1. The lowest BCUT2D eigenvalue weighted by molar-refractivity contribution is 0.200. The van der Waals surface area contributed by atoms with Crippen LogP contribution < -0.4 is 0 Å². The highest BCUT2D eigenvalue weighted by molar-refractivity contribution is 5.89. The van der Waals surface area contributed by atoms with Crippen LogP contribution in [0.1, 0.15) is 29.8 Å². The zero-order valence-electron chi connectivity index (χ0n) is 12.9. The number of aliphatic hydroxyl groups is 1. The van der Waals surface area contributed by atoms with E-state index < -0.39 is 6.10 Å². The molecule has 1 heterocycles. The fourth-order valence-corrected chi connectivity index (χ4v) is 2.83. The Balaban J connectivity index is 2.28. The molecule has 0 fully saturated rings. The van der Waals surface area contributed by atoms with Crippen molar-refractivity contribution in [3.05, 3.63) is 65.1 Å². The van der Waals surface area contributed by atoms with Gasteiger partial charge in [-0.3, -0.25) is 4.98 Å². The highest BCUT2D eigenvalue weighted by Gasteiger charge is 2.12. The minimum Gasteiger partial charge on any atom is -0.389 e. The first kappa shape index (κ1) is 14.7. The molecule has 3 heteroatoms. The van der Waals surface area contributed by atoms with E-state index in [9.17, 15) is 9.50 Å². The molecule has 0 radical (unpaired) electrons. The smallest absolute Gasteiger partial charge is 0.123 e. The normalized spacial score (nSPS) is 12.6. The molecule has 0 saturated carbocycles. The van der Waals surface area contributed by atoms with Gasteiger partial charge in [0, 0.05) is 11.1 Å². The molecule has 1 aromatic heterocycles. The molecule has 0 aliphatic carbocycles. The molecule has 3 aromatic rings. The third-order valence-electron chi connectivity index (χ3n) is 3.92. The minimum absolute atomic E-state index is 0.246. The maximum absolute atomic E-state index is 13.1. The van der Waals surface area contributed by atoms with Crippen molar-refractivity contribution in [2.75, 3.05) is 0 Å². The predicted octanol–water partition coefficient (Wildman–Crippen LogP) is 4.71. The van der Waals surface area contributed by atoms with Gasteiger partial charge in [0.15, 0.2) is 0 Å². The number of aromatic nitrogens is 1. The van der Waals surface area contributed by atoms with E-state index in [2.05, 4.69) is 4.98 Å². The number of aliphatic hydroxyl groups excluding tert-OH is 1. The Bertz CT molecular complexity index is 838. The zero-order chi connectivity index (χ0) is 15.9. The quantitative estimate of drug-likeness (QED) is 0.742. The van der Waals surface area contributed by atoms with Gasteiger partial charge < -0.3 is 5.11 Å². The van der Waals surface area contributed by atoms with Gasteiger partial charge in [0.05, 0.1) is 11.6 Å². The Labute approximate surface area is 129 Å². The molecule has 2 nitrogen and oxygen atoms in total. The van der Waals surface area contributed by atoms with E-state index in [-0.39, 0.29) is 5.82 Å². The second-order valence-electron chi connectivity index (χ2n) is 5.72. The summed E-state index contributed by atoms with van der Waals surface area (Å²) in [5, 5.41) is 11.0. The second-order valence-corrected chi connectivity index (χ2v) is 5.72. The lowest BCUT2D eigenvalue weighted by atomic mass is 9.95. The molecule has 1 unspecified atom stereocenters. The Kier molecular flexibility index (Phi) is 3.67. The number of hydrogen-bond acceptors (Lipinski definition) is 2. The molecule has 0 amide bonds. The van der Waals surface area contributed by atoms with Gasteiger partial charge in [0.2, 0.25) is 0 Å². The third-order valence-corrected chi connectivity index (χ3v) is 3.92. The van der Waals surface area contributed by atoms with Crippen LogP contribution in [0.4, 0.5) is 4.39 Å². The fraction of sp³-hybridized carbons (Fsp3) is 0.211. The van der Waals surface area contributed by atoms with Crippen LogP contribution in [0.5, 0.6) is 0 Å². The third kappa shape index (κ3) is 2.60. The second kappa shape index (κ2) is 5.50. The van der Waals surface area contributed by atoms with Crippen LogP contribution in [0.2, 0.25) is 0 Å². The SMILES string of the molecule is Cc1cc(C(C)O)c2cc(-c3ccc(F)cc3)c(C)cc2n1. The van der Waals surface area contributed by atoms with Crippen molar-refractivity contribution in [2.24, 2.45) is 0 Å². The molecule has 0 aliphatic rings. The molecule has 0 aliphatic heterocycles. The molecule has 3 rings (SSSR count). The predicted molar refractivity (Wildman–Crippen MR) is 87.2 cm³/mol. The monoisotopic (exact) mass is 295 g/mol. The van der Waals surface area contributed by atoms with Gasteiger partial charge in [0.25, 0.3) is 0 Å². The van der Waals surface area contributed by atoms with Crippen LogP contribution in [0.15, 0.2) is 42.5 Å². The van der Waals surface area contributed by atoms with Crippen LogP contribution >= 0.6 is 0 Å². The number of benzene rings is 2. The average Bonchev–Trinajstić information content (AvgIpc) is 2.46. The van der Waals surface area contributed by atoms with Gasteiger partial charge in [-0.2, -0.15) is 0 Å². The van der Waals surface area contributed by atoms with Crippen LogP contribution in [-0.2, 0) is 0 Å². The largest absolute Gasteiger partial charge is 0.389 e. The molecule has 112 valence electrons. The maximum atomic E-state index is 13.1. The summed E-state index contributed by atoms with van der Waals surface area (Å²) < 4.78 is 13.1. The van der Waals surface area contributed by atoms with Crippen molar-refractivity contribution < 1.29 is 9.50 Å². The van der Waals surface area contributed by atoms with E-state index in [4.69, 9.17) is 0 Å². The number of pyridine rings is 1. The van der Waals surface area contributed by atoms with Gasteiger partial charge >= 0.3 is 0 Å². The van der Waals surface area contributed by atoms with Crippen LogP contribution in [0, 0.1) is 19.7 Å². The molecule has 0 saturated heterocycles. The van der Waals surface area contributed by atoms with Crippen LogP contribution in [0.25, 0.3) is 22.0 Å². The summed E-state index contributed by atoms with van der Waals surface area (Å²) in [7, 11) is 0. The van der Waals surface area contributed by atoms with E-state index in [1.807, 2.05) is 32.0 Å². The Morgan fingerprint density at radius 1 is 1.05 bits per heavy atom. The molecule has 1 N–H and O–H groups in total. The van der Waals surface area contributed by atoms with E-state index in [0.717, 1.165) is 38.9 Å². The summed E-state index contributed by atoms with van der Waals surface area (Å²) in [5.74, 6) is -0.246. The summed E-state index contributed by atoms with van der Waals surface area (Å²) in [6.07, 6.45) is -0.562. The molecular formula is C19H18FNO. The highest BCUT2D eigenvalue weighted by atomic mass is 19.1. The summed E-state index contributed by atoms with van der Waals surface area (Å²) >= 11 is 0. The topological polar surface area (TPSA) is 33.1 Å². The van der Waals surface area contributed by atoms with Crippen LogP contribution in [-0.4, -0.2) is 10.1 Å². The number of fused-ring (bicyclic) bond motifs is 1. The zero-order valence-corrected chi connectivity index (χ0v) is 12.9. The van der Waals surface area contributed by atoms with Crippen molar-refractivity contribution in [3.63, 3.8) is 0 Å². The summed E-state index contributed by atoms with van der Waals surface area (Å²) in [4.78, 5) is 4.56. The van der Waals surface area contributed by atoms with Crippen molar-refractivity contribution in [2.45, 2.75) is 26.9 Å². The first-order valence-electron chi connectivity index (χ1n) is 7.31. The first-order chi connectivity index (χ1) is 10.5. The van der Waals surface area contributed by atoms with Crippen molar-refractivity contribution in [1.82, 2.24) is 4.98 Å². The highest BCUT2D eigenvalue weighted by Crippen LogP contribution is 2.31. The van der Waals surface area contributed by atoms with Crippen molar-refractivity contribution in [3.8, 4) is 11.1 Å². The van der Waals surface area contributed by atoms with E-state index in [0.29, 0.717) is 0 Å². The van der Waals surface area contributed by atoms with Gasteiger partial charge in [-0.05, 0) is 73.4 Å². The summed E-state index contributed by atoms with van der Waals surface area (Å²) in [6.45, 7) is 5.70. The van der Waals surface area contributed by atoms with E-state index in [1.54, 1.807) is 19.1 Å². The Morgan fingerprint density at radius 2 is 1.73 bits per heavy atom. The molecule has 22 heavy (non-hydrogen) atoms. The van der Waals surface area contributed by atoms with Gasteiger partial charge in [-0.1, -0.05) is 12.1 Å². The van der Waals surface area contributed by atoms with E-state index >= 15 is 0 Å². The lowest BCUT2D eigenvalue weighted by Gasteiger charge is -2.14. The lowest BCUT2D eigenvalue weighted by Crippen LogP contribution is -1.98. The standard InChI is InChI=1S/C19H18FNO/c1-11-8-19-18(17(13(3)22)9-12(2)21-19)10-16(11)14-4-6-15(20)7-5-14/h4-10,13,22H,1-3H3. The molecule has 1 atom stereocenters. The molecular weight excluding hydrogens is 277 g/mol. The Morgan fingerprint density at radius 3 is 2.36 bits per heavy atom. The van der Waals surface area contributed by atoms with E-state index in [1.165, 1.54) is 12.1 Å². The average molecular weight is 295 g/mol. The van der Waals surface area contributed by atoms with Gasteiger partial charge in [-0.25, -0.2) is 4.39 Å². The van der Waals surface area contributed by atoms with Crippen molar-refractivity contribution in [1.29, 1.82) is 0 Å². The maximum Gasteiger partial charge on any atom is 0.123 e. The number of nitrogens with zero attached hydrogens (tertiary/aromatic N) is 1. The van der Waals surface area contributed by atoms with Crippen LogP contribution in [0.3, 0.4) is 0 Å². The molecule has 2 aromatic carbocycles. The molecule has 0 spiro atoms. The number of halogens is 1. The summed E-state index contributed by atoms with van der Waals surface area (Å²) in [5.41, 5.74) is 5.69. The van der Waals surface area contributed by atoms with Crippen molar-refractivity contribution >= 4 is 10.9 Å². The first-order valence-corrected chi connectivity index (χ1v) is 7.31. The number of rotatable bonds is 2. The Hall–Kier alpha value is -2.26. The molecule has 0 bridgehead atoms. The van der Waals surface area contributed by atoms with Gasteiger partial charge in [-0.15, -0.1) is 0 Å². The van der Waals surface area contributed by atoms with Gasteiger partial charge in [0.1, 0.15) is 5.82 Å². The fourth-order valence-electron chi connectivity index (χ4n) is 2.83. The number of aryl methyl sites for hydroxylation is 2. The minimum atomic E-state index is -0.562. The summed E-state index contributed by atoms with van der Waals surface area (Å²) in [6, 6.07) is 12.4.